The molecule has 0 aliphatic carbocycles. The van der Waals surface area contributed by atoms with E-state index in [4.69, 9.17) is 5.73 Å². The number of nitrogens with one attached hydrogen (secondary N) is 2. The number of carbonyl (C=O) groups excluding carboxylic acids is 1. The number of aromatic nitrogens is 1. The van der Waals surface area contributed by atoms with E-state index in [9.17, 15) is 4.79 Å². The Morgan fingerprint density at radius 2 is 2.00 bits per heavy atom. The second-order valence-electron chi connectivity index (χ2n) is 2.18. The Labute approximate surface area is 80.3 Å². The highest BCUT2D eigenvalue weighted by molar-refractivity contribution is 7.80. The topological polar surface area (TPSA) is 80.0 Å². The van der Waals surface area contributed by atoms with Crippen LogP contribution in [-0.2, 0) is 0 Å². The summed E-state index contributed by atoms with van der Waals surface area (Å²) in [6.45, 7) is 0. The minimum Gasteiger partial charge on any atom is -0.375 e. The van der Waals surface area contributed by atoms with Gasteiger partial charge in [0.1, 0.15) is 0 Å². The smallest absolute Gasteiger partial charge is 0.269 e. The predicted octanol–water partition coefficient (Wildman–Crippen LogP) is -0.440. The highest BCUT2D eigenvalue weighted by Gasteiger charge is 2.02. The highest BCUT2D eigenvalue weighted by atomic mass is 32.1. The predicted molar refractivity (Wildman–Crippen MR) is 51.6 cm³/mol. The lowest BCUT2D eigenvalue weighted by atomic mass is 10.3. The van der Waals surface area contributed by atoms with Gasteiger partial charge in [0.25, 0.3) is 5.91 Å². The number of hydrazine groups is 1. The van der Waals surface area contributed by atoms with E-state index in [0.717, 1.165) is 0 Å². The van der Waals surface area contributed by atoms with Crippen LogP contribution in [0.25, 0.3) is 0 Å². The molecule has 0 unspecified atom stereocenters. The minimum atomic E-state index is -0.310. The molecule has 0 bridgehead atoms. The Kier molecular flexibility index (Phi) is 3.15. The third-order valence-corrected chi connectivity index (χ3v) is 1.34. The van der Waals surface area contributed by atoms with Crippen molar-refractivity contribution in [2.24, 2.45) is 5.73 Å². The van der Waals surface area contributed by atoms with Crippen molar-refractivity contribution < 1.29 is 4.79 Å². The van der Waals surface area contributed by atoms with Crippen molar-refractivity contribution in [3.05, 3.63) is 30.1 Å². The molecular formula is C7H8N4OS. The molecule has 0 spiro atoms. The Morgan fingerprint density at radius 1 is 1.38 bits per heavy atom. The van der Waals surface area contributed by atoms with E-state index in [1.807, 2.05) is 0 Å². The molecule has 1 heterocycles. The number of rotatable bonds is 1. The molecule has 5 nitrogen and oxygen atoms in total. The lowest BCUT2D eigenvalue weighted by Gasteiger charge is -2.05. The maximum atomic E-state index is 11.2. The van der Waals surface area contributed by atoms with Crippen LogP contribution in [0.1, 0.15) is 10.4 Å². The fourth-order valence-corrected chi connectivity index (χ4v) is 0.745. The first-order valence-corrected chi connectivity index (χ1v) is 3.87. The minimum absolute atomic E-state index is 0.0161. The van der Waals surface area contributed by atoms with E-state index < -0.39 is 0 Å². The van der Waals surface area contributed by atoms with E-state index in [1.165, 1.54) is 12.4 Å². The summed E-state index contributed by atoms with van der Waals surface area (Å²) < 4.78 is 0. The number of nitrogens with two attached hydrogens (primary N) is 1. The van der Waals surface area contributed by atoms with Gasteiger partial charge in [-0.2, -0.15) is 0 Å². The monoisotopic (exact) mass is 196 g/mol. The maximum absolute atomic E-state index is 11.2. The van der Waals surface area contributed by atoms with Crippen LogP contribution in [0.2, 0.25) is 0 Å². The molecule has 1 amide bonds. The van der Waals surface area contributed by atoms with Gasteiger partial charge >= 0.3 is 0 Å². The molecule has 0 saturated carbocycles. The zero-order chi connectivity index (χ0) is 9.68. The molecule has 0 aliphatic rings. The summed E-state index contributed by atoms with van der Waals surface area (Å²) in [5.41, 5.74) is 10.2. The number of pyridine rings is 1. The summed E-state index contributed by atoms with van der Waals surface area (Å²) in [6.07, 6.45) is 3.05. The second kappa shape index (κ2) is 4.36. The van der Waals surface area contributed by atoms with Crippen LogP contribution in [-0.4, -0.2) is 16.0 Å². The van der Waals surface area contributed by atoms with E-state index in [0.29, 0.717) is 5.56 Å². The van der Waals surface area contributed by atoms with Crippen LogP contribution in [0.15, 0.2) is 24.5 Å². The Bertz CT molecular complexity index is 314. The Morgan fingerprint density at radius 3 is 2.54 bits per heavy atom. The van der Waals surface area contributed by atoms with Crippen LogP contribution in [0.5, 0.6) is 0 Å². The summed E-state index contributed by atoms with van der Waals surface area (Å²) in [7, 11) is 0. The fourth-order valence-electron chi connectivity index (χ4n) is 0.694. The average Bonchev–Trinajstić information content (AvgIpc) is 2.15. The number of thiocarbonyl (C=S) groups is 1. The summed E-state index contributed by atoms with van der Waals surface area (Å²) in [6, 6.07) is 3.16. The van der Waals surface area contributed by atoms with Gasteiger partial charge in [-0.3, -0.25) is 20.6 Å². The number of hydrogen-bond acceptors (Lipinski definition) is 3. The maximum Gasteiger partial charge on any atom is 0.269 e. The van der Waals surface area contributed by atoms with Crippen molar-refractivity contribution in [1.29, 1.82) is 0 Å². The SMILES string of the molecule is NC(=S)NNC(=O)c1ccncc1. The lowest BCUT2D eigenvalue weighted by molar-refractivity contribution is 0.0944. The molecule has 0 radical (unpaired) electrons. The summed E-state index contributed by atoms with van der Waals surface area (Å²) in [5, 5.41) is 0.0161. The molecular weight excluding hydrogens is 188 g/mol. The molecule has 0 saturated heterocycles. The lowest BCUT2D eigenvalue weighted by Crippen LogP contribution is -2.44. The van der Waals surface area contributed by atoms with Gasteiger partial charge in [-0.25, -0.2) is 0 Å². The normalized spacial score (nSPS) is 8.92. The number of amides is 1. The molecule has 0 fully saturated rings. The Hall–Kier alpha value is -1.69. The fraction of sp³-hybridized carbons (Fsp3) is 0. The van der Waals surface area contributed by atoms with E-state index in [2.05, 4.69) is 28.1 Å². The van der Waals surface area contributed by atoms with Gasteiger partial charge < -0.3 is 5.73 Å². The highest BCUT2D eigenvalue weighted by Crippen LogP contribution is 1.93. The molecule has 1 aromatic heterocycles. The zero-order valence-corrected chi connectivity index (χ0v) is 7.47. The van der Waals surface area contributed by atoms with E-state index >= 15 is 0 Å². The Balaban J connectivity index is 2.54. The van der Waals surface area contributed by atoms with Crippen LogP contribution < -0.4 is 16.6 Å². The van der Waals surface area contributed by atoms with Crippen LogP contribution in [0, 0.1) is 0 Å². The van der Waals surface area contributed by atoms with Gasteiger partial charge in [-0.05, 0) is 24.4 Å². The van der Waals surface area contributed by atoms with Crippen molar-refractivity contribution >= 4 is 23.2 Å². The number of nitrogens with zero attached hydrogens (tertiary/aromatic N) is 1. The molecule has 1 aromatic rings. The van der Waals surface area contributed by atoms with Crippen molar-refractivity contribution in [3.63, 3.8) is 0 Å². The number of carbonyl (C=O) groups is 1. The molecule has 0 atom stereocenters. The first kappa shape index (κ1) is 9.40. The largest absolute Gasteiger partial charge is 0.375 e. The first-order valence-electron chi connectivity index (χ1n) is 3.46. The summed E-state index contributed by atoms with van der Waals surface area (Å²) in [4.78, 5) is 15.0. The standard InChI is InChI=1S/C7H8N4OS/c8-7(13)11-10-6(12)5-1-3-9-4-2-5/h1-4H,(H,10,12)(H3,8,11,13). The number of hydrogen-bond donors (Lipinski definition) is 3. The summed E-state index contributed by atoms with van der Waals surface area (Å²) >= 11 is 4.50. The van der Waals surface area contributed by atoms with Crippen molar-refractivity contribution in [1.82, 2.24) is 15.8 Å². The quantitative estimate of drug-likeness (QED) is 0.419. The molecule has 4 N–H and O–H groups in total. The third-order valence-electron chi connectivity index (χ3n) is 1.24. The van der Waals surface area contributed by atoms with Crippen molar-refractivity contribution in [2.75, 3.05) is 0 Å². The zero-order valence-electron chi connectivity index (χ0n) is 6.65. The van der Waals surface area contributed by atoms with Crippen molar-refractivity contribution in [2.45, 2.75) is 0 Å². The second-order valence-corrected chi connectivity index (χ2v) is 2.62. The van der Waals surface area contributed by atoms with E-state index in [-0.39, 0.29) is 11.0 Å². The molecule has 0 aliphatic heterocycles. The third kappa shape index (κ3) is 3.04. The van der Waals surface area contributed by atoms with Gasteiger partial charge in [-0.15, -0.1) is 0 Å². The van der Waals surface area contributed by atoms with E-state index in [1.54, 1.807) is 12.1 Å². The van der Waals surface area contributed by atoms with Gasteiger partial charge in [0, 0.05) is 18.0 Å². The summed E-state index contributed by atoms with van der Waals surface area (Å²) in [5.74, 6) is -0.310. The molecule has 1 rings (SSSR count). The van der Waals surface area contributed by atoms with Crippen LogP contribution in [0.4, 0.5) is 0 Å². The van der Waals surface area contributed by atoms with Gasteiger partial charge in [0.2, 0.25) is 0 Å². The first-order chi connectivity index (χ1) is 6.20. The van der Waals surface area contributed by atoms with Gasteiger partial charge in [0.05, 0.1) is 0 Å². The molecule has 13 heavy (non-hydrogen) atoms. The van der Waals surface area contributed by atoms with Gasteiger partial charge in [-0.1, -0.05) is 0 Å². The molecule has 68 valence electrons. The van der Waals surface area contributed by atoms with Crippen LogP contribution in [0.3, 0.4) is 0 Å². The van der Waals surface area contributed by atoms with Gasteiger partial charge in [0.15, 0.2) is 5.11 Å². The van der Waals surface area contributed by atoms with Crippen molar-refractivity contribution in [3.8, 4) is 0 Å². The molecule has 6 heteroatoms. The van der Waals surface area contributed by atoms with Crippen LogP contribution >= 0.6 is 12.2 Å². The average molecular weight is 196 g/mol. The molecule has 0 aromatic carbocycles.